The van der Waals surface area contributed by atoms with Crippen LogP contribution < -0.4 is 14.2 Å². The van der Waals surface area contributed by atoms with Crippen LogP contribution in [0.1, 0.15) is 22.3 Å². The van der Waals surface area contributed by atoms with Crippen LogP contribution in [0.5, 0.6) is 17.2 Å². The molecule has 0 fully saturated rings. The zero-order chi connectivity index (χ0) is 19.2. The number of ether oxygens (including phenoxy) is 4. The maximum absolute atomic E-state index is 13.0. The zero-order valence-electron chi connectivity index (χ0n) is 15.3. The maximum atomic E-state index is 13.0. The van der Waals surface area contributed by atoms with Crippen LogP contribution in [0.3, 0.4) is 0 Å². The number of methoxy groups -OCH3 is 2. The van der Waals surface area contributed by atoms with E-state index >= 15 is 0 Å². The number of benzene rings is 2. The van der Waals surface area contributed by atoms with Gasteiger partial charge in [0, 0.05) is 18.7 Å². The molecule has 0 unspecified atom stereocenters. The summed E-state index contributed by atoms with van der Waals surface area (Å²) in [5.74, 6) is 1.45. The molecule has 27 heavy (non-hydrogen) atoms. The third-order valence-corrected chi connectivity index (χ3v) is 4.25. The molecule has 7 heteroatoms. The quantitative estimate of drug-likeness (QED) is 0.697. The molecule has 1 aliphatic heterocycles. The molecule has 2 aromatic rings. The minimum atomic E-state index is -0.367. The Hall–Kier alpha value is -3.22. The Morgan fingerprint density at radius 2 is 1.78 bits per heavy atom. The zero-order valence-corrected chi connectivity index (χ0v) is 15.3. The second kappa shape index (κ2) is 8.44. The molecule has 0 aliphatic carbocycles. The summed E-state index contributed by atoms with van der Waals surface area (Å²) >= 11 is 0. The summed E-state index contributed by atoms with van der Waals surface area (Å²) in [7, 11) is 2.90. The first-order chi connectivity index (χ1) is 13.1. The van der Waals surface area contributed by atoms with Gasteiger partial charge in [-0.1, -0.05) is 6.07 Å². The predicted octanol–water partition coefficient (Wildman–Crippen LogP) is 2.63. The largest absolute Gasteiger partial charge is 0.497 e. The summed E-state index contributed by atoms with van der Waals surface area (Å²) in [5, 5.41) is 0. The molecule has 0 N–H and O–H groups in total. The minimum absolute atomic E-state index is 0.114. The van der Waals surface area contributed by atoms with Gasteiger partial charge in [-0.2, -0.15) is 0 Å². The van der Waals surface area contributed by atoms with Crippen molar-refractivity contribution in [2.24, 2.45) is 0 Å². The van der Waals surface area contributed by atoms with Gasteiger partial charge in [0.25, 0.3) is 5.91 Å². The Morgan fingerprint density at radius 3 is 2.48 bits per heavy atom. The van der Waals surface area contributed by atoms with Crippen molar-refractivity contribution in [3.8, 4) is 17.2 Å². The van der Waals surface area contributed by atoms with Crippen LogP contribution in [0.2, 0.25) is 0 Å². The maximum Gasteiger partial charge on any atom is 0.307 e. The second-order valence-electron chi connectivity index (χ2n) is 5.97. The highest BCUT2D eigenvalue weighted by Gasteiger charge is 2.20. The SMILES string of the molecule is COC(=O)CCN(Cc1ccc2c(c1)OCO2)C(=O)c1ccc(OC)cc1. The van der Waals surface area contributed by atoms with Crippen molar-refractivity contribution in [1.82, 2.24) is 4.90 Å². The van der Waals surface area contributed by atoms with E-state index in [1.165, 1.54) is 7.11 Å². The molecular weight excluding hydrogens is 350 g/mol. The summed E-state index contributed by atoms with van der Waals surface area (Å²) in [6, 6.07) is 12.4. The number of hydrogen-bond acceptors (Lipinski definition) is 6. The molecule has 7 nitrogen and oxygen atoms in total. The highest BCUT2D eigenvalue weighted by atomic mass is 16.7. The molecule has 0 atom stereocenters. The fourth-order valence-electron chi connectivity index (χ4n) is 2.76. The van der Waals surface area contributed by atoms with Crippen molar-refractivity contribution in [3.63, 3.8) is 0 Å². The summed E-state index contributed by atoms with van der Waals surface area (Å²) in [6.07, 6.45) is 0.114. The van der Waals surface area contributed by atoms with Crippen molar-refractivity contribution in [1.29, 1.82) is 0 Å². The minimum Gasteiger partial charge on any atom is -0.497 e. The van der Waals surface area contributed by atoms with E-state index in [2.05, 4.69) is 0 Å². The summed E-state index contributed by atoms with van der Waals surface area (Å²) < 4.78 is 20.5. The number of amides is 1. The van der Waals surface area contributed by atoms with Gasteiger partial charge in [-0.05, 0) is 42.0 Å². The Kier molecular flexibility index (Phi) is 5.80. The lowest BCUT2D eigenvalue weighted by atomic mass is 10.1. The van der Waals surface area contributed by atoms with Crippen molar-refractivity contribution in [2.75, 3.05) is 27.6 Å². The molecule has 1 amide bonds. The van der Waals surface area contributed by atoms with Gasteiger partial charge in [-0.15, -0.1) is 0 Å². The average Bonchev–Trinajstić information content (AvgIpc) is 3.18. The molecule has 3 rings (SSSR count). The number of carbonyl (C=O) groups excluding carboxylic acids is 2. The molecule has 142 valence electrons. The van der Waals surface area contributed by atoms with E-state index in [1.54, 1.807) is 36.3 Å². The van der Waals surface area contributed by atoms with Crippen molar-refractivity contribution in [3.05, 3.63) is 53.6 Å². The molecule has 0 bridgehead atoms. The summed E-state index contributed by atoms with van der Waals surface area (Å²) in [6.45, 7) is 0.764. The van der Waals surface area contributed by atoms with Gasteiger partial charge < -0.3 is 23.8 Å². The molecule has 1 aliphatic rings. The van der Waals surface area contributed by atoms with E-state index < -0.39 is 0 Å². The van der Waals surface area contributed by atoms with Crippen molar-refractivity contribution in [2.45, 2.75) is 13.0 Å². The van der Waals surface area contributed by atoms with Crippen molar-refractivity contribution >= 4 is 11.9 Å². The lowest BCUT2D eigenvalue weighted by molar-refractivity contribution is -0.140. The normalized spacial score (nSPS) is 11.8. The van der Waals surface area contributed by atoms with Gasteiger partial charge in [-0.25, -0.2) is 0 Å². The number of nitrogens with zero attached hydrogens (tertiary/aromatic N) is 1. The standard InChI is InChI=1S/C20H21NO6/c1-24-16-6-4-15(5-7-16)20(23)21(10-9-19(22)25-2)12-14-3-8-17-18(11-14)27-13-26-17/h3-8,11H,9-10,12-13H2,1-2H3. The highest BCUT2D eigenvalue weighted by molar-refractivity contribution is 5.94. The molecule has 0 saturated carbocycles. The molecule has 0 radical (unpaired) electrons. The smallest absolute Gasteiger partial charge is 0.307 e. The third kappa shape index (κ3) is 4.49. The van der Waals surface area contributed by atoms with Gasteiger partial charge in [0.05, 0.1) is 20.6 Å². The number of fused-ring (bicyclic) bond motifs is 1. The number of hydrogen-bond donors (Lipinski definition) is 0. The number of esters is 1. The highest BCUT2D eigenvalue weighted by Crippen LogP contribution is 2.33. The van der Waals surface area contributed by atoms with Crippen LogP contribution in [0, 0.1) is 0 Å². The first-order valence-electron chi connectivity index (χ1n) is 8.49. The first kappa shape index (κ1) is 18.6. The lowest BCUT2D eigenvalue weighted by Crippen LogP contribution is -2.32. The van der Waals surface area contributed by atoms with E-state index in [9.17, 15) is 9.59 Å². The van der Waals surface area contributed by atoms with Gasteiger partial charge in [0.1, 0.15) is 5.75 Å². The first-order valence-corrected chi connectivity index (χ1v) is 8.49. The second-order valence-corrected chi connectivity index (χ2v) is 5.97. The van der Waals surface area contributed by atoms with Crippen LogP contribution in [-0.4, -0.2) is 44.3 Å². The Balaban J connectivity index is 1.78. The van der Waals surface area contributed by atoms with Gasteiger partial charge >= 0.3 is 5.97 Å². The number of carbonyl (C=O) groups is 2. The van der Waals surface area contributed by atoms with Gasteiger partial charge in [-0.3, -0.25) is 9.59 Å². The topological polar surface area (TPSA) is 74.3 Å². The van der Waals surface area contributed by atoms with Gasteiger partial charge in [0.2, 0.25) is 6.79 Å². The van der Waals surface area contributed by atoms with E-state index in [1.807, 2.05) is 18.2 Å². The average molecular weight is 371 g/mol. The van der Waals surface area contributed by atoms with E-state index in [4.69, 9.17) is 18.9 Å². The molecule has 1 heterocycles. The monoisotopic (exact) mass is 371 g/mol. The Labute approximate surface area is 157 Å². The van der Waals surface area contributed by atoms with Gasteiger partial charge in [0.15, 0.2) is 11.5 Å². The molecular formula is C20H21NO6. The van der Waals surface area contributed by atoms with Crippen LogP contribution in [-0.2, 0) is 16.1 Å². The van der Waals surface area contributed by atoms with Crippen molar-refractivity contribution < 1.29 is 28.5 Å². The Morgan fingerprint density at radius 1 is 1.04 bits per heavy atom. The van der Waals surface area contributed by atoms with Crippen LogP contribution in [0.15, 0.2) is 42.5 Å². The van der Waals surface area contributed by atoms with Crippen LogP contribution in [0.25, 0.3) is 0 Å². The lowest BCUT2D eigenvalue weighted by Gasteiger charge is -2.23. The molecule has 0 spiro atoms. The third-order valence-electron chi connectivity index (χ3n) is 4.25. The molecule has 0 aromatic heterocycles. The fraction of sp³-hybridized carbons (Fsp3) is 0.300. The van der Waals surface area contributed by atoms with E-state index in [0.29, 0.717) is 29.4 Å². The Bertz CT molecular complexity index is 818. The fourth-order valence-corrected chi connectivity index (χ4v) is 2.76. The molecule has 0 saturated heterocycles. The van der Waals surface area contributed by atoms with E-state index in [0.717, 1.165) is 5.56 Å². The van der Waals surface area contributed by atoms with Crippen LogP contribution in [0.4, 0.5) is 0 Å². The summed E-state index contributed by atoms with van der Waals surface area (Å²) in [5.41, 5.74) is 1.40. The van der Waals surface area contributed by atoms with E-state index in [-0.39, 0.29) is 31.6 Å². The predicted molar refractivity (Wildman–Crippen MR) is 96.9 cm³/mol. The number of rotatable bonds is 7. The summed E-state index contributed by atoms with van der Waals surface area (Å²) in [4.78, 5) is 26.1. The molecule has 2 aromatic carbocycles. The van der Waals surface area contributed by atoms with Crippen LogP contribution >= 0.6 is 0 Å².